The van der Waals surface area contributed by atoms with E-state index < -0.39 is 0 Å². The molecular formula is C10H15Cl2N3. The van der Waals surface area contributed by atoms with Crippen LogP contribution in [-0.4, -0.2) is 11.5 Å². The molecule has 1 rings (SSSR count). The summed E-state index contributed by atoms with van der Waals surface area (Å²) in [5, 5.41) is 4.03. The van der Waals surface area contributed by atoms with Gasteiger partial charge in [-0.15, -0.1) is 0 Å². The molecule has 0 saturated carbocycles. The first-order valence-electron chi connectivity index (χ1n) is 4.90. The van der Waals surface area contributed by atoms with Crippen molar-refractivity contribution in [2.75, 3.05) is 17.6 Å². The van der Waals surface area contributed by atoms with E-state index in [4.69, 9.17) is 28.9 Å². The van der Waals surface area contributed by atoms with Crippen molar-refractivity contribution < 1.29 is 0 Å². The molecule has 0 fully saturated rings. The van der Waals surface area contributed by atoms with Gasteiger partial charge < -0.3 is 11.1 Å². The Balaban J connectivity index is 2.73. The average Bonchev–Trinajstić information content (AvgIpc) is 2.21. The van der Waals surface area contributed by atoms with E-state index in [9.17, 15) is 0 Å². The fourth-order valence-electron chi connectivity index (χ4n) is 1.02. The normalized spacial score (nSPS) is 12.5. The average molecular weight is 248 g/mol. The maximum absolute atomic E-state index is 5.96. The Hall–Kier alpha value is -0.670. The summed E-state index contributed by atoms with van der Waals surface area (Å²) in [6, 6.07) is 1.60. The quantitative estimate of drug-likeness (QED) is 0.858. The van der Waals surface area contributed by atoms with Crippen molar-refractivity contribution in [3.05, 3.63) is 16.1 Å². The van der Waals surface area contributed by atoms with E-state index in [2.05, 4.69) is 24.1 Å². The topological polar surface area (TPSA) is 50.9 Å². The van der Waals surface area contributed by atoms with Crippen LogP contribution in [0.2, 0.25) is 10.0 Å². The number of halogens is 2. The molecule has 84 valence electrons. The van der Waals surface area contributed by atoms with E-state index in [1.807, 2.05) is 0 Å². The molecule has 1 heterocycles. The SMILES string of the molecule is CCC(C)CNc1nc(N)c(Cl)cc1Cl. The van der Waals surface area contributed by atoms with Crippen LogP contribution in [0.25, 0.3) is 0 Å². The van der Waals surface area contributed by atoms with Gasteiger partial charge in [0.25, 0.3) is 0 Å². The van der Waals surface area contributed by atoms with Crippen molar-refractivity contribution in [3.8, 4) is 0 Å². The second kappa shape index (κ2) is 5.42. The molecule has 0 aromatic carbocycles. The Bertz CT molecular complexity index is 342. The zero-order chi connectivity index (χ0) is 11.4. The summed E-state index contributed by atoms with van der Waals surface area (Å²) in [6.07, 6.45) is 1.10. The van der Waals surface area contributed by atoms with Gasteiger partial charge in [0, 0.05) is 6.54 Å². The Morgan fingerprint density at radius 1 is 1.47 bits per heavy atom. The van der Waals surface area contributed by atoms with Gasteiger partial charge in [-0.3, -0.25) is 0 Å². The van der Waals surface area contributed by atoms with E-state index in [1.165, 1.54) is 0 Å². The van der Waals surface area contributed by atoms with Gasteiger partial charge in [0.2, 0.25) is 0 Å². The van der Waals surface area contributed by atoms with Crippen LogP contribution in [0.5, 0.6) is 0 Å². The van der Waals surface area contributed by atoms with Crippen LogP contribution in [0.1, 0.15) is 20.3 Å². The molecule has 0 aliphatic carbocycles. The summed E-state index contributed by atoms with van der Waals surface area (Å²) in [4.78, 5) is 4.08. The molecule has 1 atom stereocenters. The van der Waals surface area contributed by atoms with Gasteiger partial charge in [0.15, 0.2) is 0 Å². The number of rotatable bonds is 4. The third-order valence-corrected chi connectivity index (χ3v) is 2.86. The summed E-state index contributed by atoms with van der Waals surface area (Å²) >= 11 is 11.7. The summed E-state index contributed by atoms with van der Waals surface area (Å²) < 4.78 is 0. The minimum Gasteiger partial charge on any atom is -0.382 e. The molecule has 3 N–H and O–H groups in total. The summed E-state index contributed by atoms with van der Waals surface area (Å²) in [7, 11) is 0. The number of aromatic nitrogens is 1. The Kier molecular flexibility index (Phi) is 4.48. The summed E-state index contributed by atoms with van der Waals surface area (Å²) in [5.41, 5.74) is 5.59. The molecule has 0 bridgehead atoms. The lowest BCUT2D eigenvalue weighted by molar-refractivity contribution is 0.592. The Morgan fingerprint density at radius 2 is 2.13 bits per heavy atom. The first-order valence-corrected chi connectivity index (χ1v) is 5.65. The highest BCUT2D eigenvalue weighted by molar-refractivity contribution is 6.37. The minimum absolute atomic E-state index is 0.299. The first kappa shape index (κ1) is 12.4. The number of hydrogen-bond acceptors (Lipinski definition) is 3. The van der Waals surface area contributed by atoms with Gasteiger partial charge in [-0.1, -0.05) is 43.5 Å². The van der Waals surface area contributed by atoms with Crippen LogP contribution in [0.4, 0.5) is 11.6 Å². The largest absolute Gasteiger partial charge is 0.382 e. The van der Waals surface area contributed by atoms with Gasteiger partial charge in [-0.05, 0) is 12.0 Å². The van der Waals surface area contributed by atoms with Gasteiger partial charge in [-0.25, -0.2) is 4.98 Å². The fourth-order valence-corrected chi connectivity index (χ4v) is 1.45. The highest BCUT2D eigenvalue weighted by Gasteiger charge is 2.07. The number of nitrogen functional groups attached to an aromatic ring is 1. The number of hydrogen-bond donors (Lipinski definition) is 2. The zero-order valence-corrected chi connectivity index (χ0v) is 10.4. The highest BCUT2D eigenvalue weighted by Crippen LogP contribution is 2.27. The molecule has 1 unspecified atom stereocenters. The summed E-state index contributed by atoms with van der Waals surface area (Å²) in [5.74, 6) is 1.46. The molecule has 0 aliphatic rings. The maximum Gasteiger partial charge on any atom is 0.147 e. The van der Waals surface area contributed by atoms with Gasteiger partial charge in [0.1, 0.15) is 11.6 Å². The van der Waals surface area contributed by atoms with E-state index in [1.54, 1.807) is 6.07 Å². The molecule has 0 spiro atoms. The number of anilines is 2. The minimum atomic E-state index is 0.299. The smallest absolute Gasteiger partial charge is 0.147 e. The van der Waals surface area contributed by atoms with Crippen molar-refractivity contribution in [2.24, 2.45) is 5.92 Å². The lowest BCUT2D eigenvalue weighted by Gasteiger charge is -2.12. The van der Waals surface area contributed by atoms with E-state index >= 15 is 0 Å². The van der Waals surface area contributed by atoms with Crippen LogP contribution in [0.3, 0.4) is 0 Å². The van der Waals surface area contributed by atoms with Gasteiger partial charge in [-0.2, -0.15) is 0 Å². The predicted molar refractivity (Wildman–Crippen MR) is 66.6 cm³/mol. The molecule has 1 aromatic rings. The lowest BCUT2D eigenvalue weighted by atomic mass is 10.1. The molecule has 0 amide bonds. The summed E-state index contributed by atoms with van der Waals surface area (Å²) in [6.45, 7) is 5.11. The molecular weight excluding hydrogens is 233 g/mol. The third-order valence-electron chi connectivity index (χ3n) is 2.27. The predicted octanol–water partition coefficient (Wildman–Crippen LogP) is 3.43. The maximum atomic E-state index is 5.96. The number of nitrogens with one attached hydrogen (secondary N) is 1. The fraction of sp³-hybridized carbons (Fsp3) is 0.500. The number of nitrogens with zero attached hydrogens (tertiary/aromatic N) is 1. The number of nitrogens with two attached hydrogens (primary N) is 1. The second-order valence-corrected chi connectivity index (χ2v) is 4.39. The van der Waals surface area contributed by atoms with Crippen LogP contribution in [-0.2, 0) is 0 Å². The van der Waals surface area contributed by atoms with Crippen molar-refractivity contribution in [2.45, 2.75) is 20.3 Å². The molecule has 15 heavy (non-hydrogen) atoms. The Labute approximate surface area is 100.0 Å². The molecule has 3 nitrogen and oxygen atoms in total. The zero-order valence-electron chi connectivity index (χ0n) is 8.85. The van der Waals surface area contributed by atoms with E-state index in [-0.39, 0.29) is 0 Å². The van der Waals surface area contributed by atoms with Gasteiger partial charge in [0.05, 0.1) is 10.0 Å². The Morgan fingerprint density at radius 3 is 2.73 bits per heavy atom. The van der Waals surface area contributed by atoms with Gasteiger partial charge >= 0.3 is 0 Å². The number of pyridine rings is 1. The van der Waals surface area contributed by atoms with E-state index in [0.717, 1.165) is 13.0 Å². The molecule has 0 saturated heterocycles. The van der Waals surface area contributed by atoms with Crippen molar-refractivity contribution >= 4 is 34.8 Å². The van der Waals surface area contributed by atoms with Crippen LogP contribution in [0.15, 0.2) is 6.07 Å². The highest BCUT2D eigenvalue weighted by atomic mass is 35.5. The molecule has 1 aromatic heterocycles. The molecule has 0 aliphatic heterocycles. The molecule has 5 heteroatoms. The van der Waals surface area contributed by atoms with Crippen LogP contribution in [0, 0.1) is 5.92 Å². The lowest BCUT2D eigenvalue weighted by Crippen LogP contribution is -2.12. The van der Waals surface area contributed by atoms with Crippen LogP contribution < -0.4 is 11.1 Å². The molecule has 0 radical (unpaired) electrons. The van der Waals surface area contributed by atoms with Crippen LogP contribution >= 0.6 is 23.2 Å². The van der Waals surface area contributed by atoms with Crippen molar-refractivity contribution in [3.63, 3.8) is 0 Å². The first-order chi connectivity index (χ1) is 7.04. The van der Waals surface area contributed by atoms with Crippen molar-refractivity contribution in [1.29, 1.82) is 0 Å². The van der Waals surface area contributed by atoms with Crippen molar-refractivity contribution in [1.82, 2.24) is 4.98 Å². The second-order valence-electron chi connectivity index (χ2n) is 3.58. The third kappa shape index (κ3) is 3.43. The standard InChI is InChI=1S/C10H15Cl2N3/c1-3-6(2)5-14-10-8(12)4-7(11)9(13)15-10/h4,6H,3,5H2,1-2H3,(H3,13,14,15). The monoisotopic (exact) mass is 247 g/mol. The van der Waals surface area contributed by atoms with E-state index in [0.29, 0.717) is 27.6 Å².